The van der Waals surface area contributed by atoms with Crippen LogP contribution in [-0.4, -0.2) is 33.8 Å². The van der Waals surface area contributed by atoms with Gasteiger partial charge in [0.25, 0.3) is 5.91 Å². The molecule has 0 saturated heterocycles. The molecule has 2 aromatic carbocycles. The van der Waals surface area contributed by atoms with Crippen molar-refractivity contribution < 1.29 is 14.7 Å². The van der Waals surface area contributed by atoms with Gasteiger partial charge in [-0.1, -0.05) is 55.8 Å². The van der Waals surface area contributed by atoms with E-state index in [1.54, 1.807) is 0 Å². The fourth-order valence-electron chi connectivity index (χ4n) is 4.19. The number of aromatic nitrogens is 1. The van der Waals surface area contributed by atoms with E-state index >= 15 is 0 Å². The van der Waals surface area contributed by atoms with Crippen molar-refractivity contribution in [1.82, 2.24) is 10.3 Å². The van der Waals surface area contributed by atoms with Crippen molar-refractivity contribution in [2.75, 3.05) is 5.75 Å². The number of thioether (sulfide) groups is 1. The summed E-state index contributed by atoms with van der Waals surface area (Å²) in [5.41, 5.74) is 2.37. The Morgan fingerprint density at radius 3 is 2.36 bits per heavy atom. The first-order chi connectivity index (χ1) is 16.0. The van der Waals surface area contributed by atoms with E-state index in [4.69, 9.17) is 10.1 Å². The number of hydrogen-bond acceptors (Lipinski definition) is 5. The maximum Gasteiger partial charge on any atom is 0.313 e. The Labute approximate surface area is 202 Å². The van der Waals surface area contributed by atoms with Crippen molar-refractivity contribution in [3.8, 4) is 21.0 Å². The number of nitrogens with one attached hydrogen (secondary N) is 1. The molecule has 0 aliphatic heterocycles. The van der Waals surface area contributed by atoms with Crippen molar-refractivity contribution in [3.05, 3.63) is 60.3 Å². The monoisotopic (exact) mass is 480 g/mol. The summed E-state index contributed by atoms with van der Waals surface area (Å²) >= 11 is 2.79. The van der Waals surface area contributed by atoms with E-state index < -0.39 is 5.97 Å². The van der Waals surface area contributed by atoms with Crippen LogP contribution in [0.1, 0.15) is 49.5 Å². The molecule has 1 aromatic heterocycles. The lowest BCUT2D eigenvalue weighted by Gasteiger charge is -2.28. The van der Waals surface area contributed by atoms with Gasteiger partial charge < -0.3 is 10.4 Å². The summed E-state index contributed by atoms with van der Waals surface area (Å²) in [6.07, 6.45) is 5.60. The first-order valence-corrected chi connectivity index (χ1v) is 13.2. The minimum absolute atomic E-state index is 0.0270. The molecule has 1 amide bonds. The number of carboxylic acids is 1. The highest BCUT2D eigenvalue weighted by molar-refractivity contribution is 8.00. The Bertz CT molecular complexity index is 1090. The van der Waals surface area contributed by atoms with Crippen LogP contribution in [0.15, 0.2) is 59.5 Å². The summed E-state index contributed by atoms with van der Waals surface area (Å²) in [6.45, 7) is 2.24. The number of thiazole rings is 1. The first kappa shape index (κ1) is 23.5. The van der Waals surface area contributed by atoms with Crippen LogP contribution < -0.4 is 5.32 Å². The molecule has 1 aliphatic rings. The second kappa shape index (κ2) is 11.0. The lowest BCUT2D eigenvalue weighted by molar-refractivity contribution is -0.133. The van der Waals surface area contributed by atoms with E-state index in [0.717, 1.165) is 44.7 Å². The summed E-state index contributed by atoms with van der Waals surface area (Å²) in [4.78, 5) is 30.6. The number of hydrogen-bond donors (Lipinski definition) is 2. The van der Waals surface area contributed by atoms with Crippen LogP contribution in [0, 0.1) is 5.92 Å². The van der Waals surface area contributed by atoms with E-state index in [1.165, 1.54) is 42.4 Å². The number of aliphatic carboxylic acids is 1. The molecule has 3 aromatic rings. The van der Waals surface area contributed by atoms with Gasteiger partial charge in [0.15, 0.2) is 0 Å². The highest BCUT2D eigenvalue weighted by Crippen LogP contribution is 2.36. The van der Waals surface area contributed by atoms with Gasteiger partial charge in [0, 0.05) is 16.5 Å². The largest absolute Gasteiger partial charge is 0.481 e. The average Bonchev–Trinajstić information content (AvgIpc) is 3.30. The molecule has 1 saturated carbocycles. The molecule has 7 heteroatoms. The van der Waals surface area contributed by atoms with Crippen LogP contribution in [0.3, 0.4) is 0 Å². The van der Waals surface area contributed by atoms with Crippen LogP contribution in [0.4, 0.5) is 0 Å². The lowest BCUT2D eigenvalue weighted by Crippen LogP contribution is -2.37. The predicted octanol–water partition coefficient (Wildman–Crippen LogP) is 6.35. The fourth-order valence-corrected chi connectivity index (χ4v) is 5.88. The summed E-state index contributed by atoms with van der Waals surface area (Å²) in [6, 6.07) is 17.8. The van der Waals surface area contributed by atoms with Crippen molar-refractivity contribution in [1.29, 1.82) is 0 Å². The third-order valence-electron chi connectivity index (χ3n) is 6.10. The van der Waals surface area contributed by atoms with E-state index in [1.807, 2.05) is 54.6 Å². The number of nitrogens with zero attached hydrogens (tertiary/aromatic N) is 1. The molecule has 4 rings (SSSR count). The number of rotatable bonds is 8. The zero-order chi connectivity index (χ0) is 23.2. The Kier molecular flexibility index (Phi) is 7.83. The van der Waals surface area contributed by atoms with E-state index in [9.17, 15) is 9.59 Å². The number of benzene rings is 2. The van der Waals surface area contributed by atoms with Gasteiger partial charge in [0.2, 0.25) is 0 Å². The Morgan fingerprint density at radius 2 is 1.73 bits per heavy atom. The normalized spacial score (nSPS) is 18.1. The van der Waals surface area contributed by atoms with Crippen molar-refractivity contribution in [2.24, 2.45) is 5.92 Å². The highest BCUT2D eigenvalue weighted by Gasteiger charge is 2.25. The smallest absolute Gasteiger partial charge is 0.313 e. The van der Waals surface area contributed by atoms with Gasteiger partial charge in [-0.3, -0.25) is 9.59 Å². The highest BCUT2D eigenvalue weighted by atomic mass is 32.2. The molecule has 2 N–H and O–H groups in total. The first-order valence-electron chi connectivity index (χ1n) is 11.4. The summed E-state index contributed by atoms with van der Waals surface area (Å²) in [5, 5.41) is 12.9. The second-order valence-electron chi connectivity index (χ2n) is 8.37. The second-order valence-corrected chi connectivity index (χ2v) is 10.4. The van der Waals surface area contributed by atoms with Crippen LogP contribution in [0.25, 0.3) is 21.0 Å². The van der Waals surface area contributed by atoms with E-state index in [-0.39, 0.29) is 17.7 Å². The lowest BCUT2D eigenvalue weighted by atomic mass is 9.84. The molecule has 1 aliphatic carbocycles. The van der Waals surface area contributed by atoms with Crippen molar-refractivity contribution >= 4 is 35.0 Å². The predicted molar refractivity (Wildman–Crippen MR) is 135 cm³/mol. The average molecular weight is 481 g/mol. The maximum absolute atomic E-state index is 13.3. The molecule has 0 atom stereocenters. The Hall–Kier alpha value is -2.64. The topological polar surface area (TPSA) is 79.3 Å². The SMILES string of the molecule is CCC1CCC(NC(=O)c2nc(-c3ccc(SCC(=O)O)cc3)sc2-c2ccccc2)CC1. The molecule has 172 valence electrons. The van der Waals surface area contributed by atoms with Gasteiger partial charge in [0.05, 0.1) is 10.6 Å². The maximum atomic E-state index is 13.3. The quantitative estimate of drug-likeness (QED) is 0.367. The van der Waals surface area contributed by atoms with Crippen LogP contribution in [0.5, 0.6) is 0 Å². The van der Waals surface area contributed by atoms with E-state index in [2.05, 4.69) is 12.2 Å². The van der Waals surface area contributed by atoms with Crippen LogP contribution in [-0.2, 0) is 4.79 Å². The number of amides is 1. The van der Waals surface area contributed by atoms with Crippen LogP contribution in [0.2, 0.25) is 0 Å². The number of carboxylic acid groups (broad SMARTS) is 1. The standard InChI is InChI=1S/C26H28N2O3S2/c1-2-17-8-12-20(13-9-17)27-25(31)23-24(18-6-4-3-5-7-18)33-26(28-23)19-10-14-21(15-11-19)32-16-22(29)30/h3-7,10-11,14-15,17,20H,2,8-9,12-13,16H2,1H3,(H,27,31)(H,29,30). The third kappa shape index (κ3) is 6.03. The molecule has 1 fully saturated rings. The third-order valence-corrected chi connectivity index (χ3v) is 8.25. The molecule has 0 unspecified atom stereocenters. The zero-order valence-electron chi connectivity index (χ0n) is 18.6. The summed E-state index contributed by atoms with van der Waals surface area (Å²) in [5.74, 6) is -0.139. The van der Waals surface area contributed by atoms with Crippen molar-refractivity contribution in [2.45, 2.75) is 50.0 Å². The summed E-state index contributed by atoms with van der Waals surface area (Å²) in [7, 11) is 0. The van der Waals surface area contributed by atoms with E-state index in [0.29, 0.717) is 5.69 Å². The van der Waals surface area contributed by atoms with Gasteiger partial charge in [-0.25, -0.2) is 4.98 Å². The molecular weight excluding hydrogens is 452 g/mol. The molecule has 1 heterocycles. The molecule has 0 radical (unpaired) electrons. The molecular formula is C26H28N2O3S2. The molecule has 0 spiro atoms. The van der Waals surface area contributed by atoms with Gasteiger partial charge >= 0.3 is 5.97 Å². The number of carbonyl (C=O) groups is 2. The number of carbonyl (C=O) groups excluding carboxylic acids is 1. The summed E-state index contributed by atoms with van der Waals surface area (Å²) < 4.78 is 0. The Morgan fingerprint density at radius 1 is 1.03 bits per heavy atom. The van der Waals surface area contributed by atoms with Gasteiger partial charge in [-0.05, 0) is 49.3 Å². The van der Waals surface area contributed by atoms with Gasteiger partial charge in [-0.15, -0.1) is 23.1 Å². The molecule has 33 heavy (non-hydrogen) atoms. The Balaban J connectivity index is 1.57. The van der Waals surface area contributed by atoms with Crippen LogP contribution >= 0.6 is 23.1 Å². The van der Waals surface area contributed by atoms with Crippen molar-refractivity contribution in [3.63, 3.8) is 0 Å². The zero-order valence-corrected chi connectivity index (χ0v) is 20.3. The minimum atomic E-state index is -0.838. The van der Waals surface area contributed by atoms with Gasteiger partial charge in [0.1, 0.15) is 10.7 Å². The fraction of sp³-hybridized carbons (Fsp3) is 0.346. The molecule has 0 bridgehead atoms. The molecule has 5 nitrogen and oxygen atoms in total. The van der Waals surface area contributed by atoms with Gasteiger partial charge in [-0.2, -0.15) is 0 Å². The minimum Gasteiger partial charge on any atom is -0.481 e.